The summed E-state index contributed by atoms with van der Waals surface area (Å²) < 4.78 is 6.54. The Morgan fingerprint density at radius 1 is 0.586 bits per heavy atom. The van der Waals surface area contributed by atoms with Gasteiger partial charge in [-0.15, -0.1) is 48.8 Å². The number of aromatic nitrogens is 1. The number of hydrogen-bond acceptors (Lipinski definition) is 5. The van der Waals surface area contributed by atoms with E-state index >= 15 is 0 Å². The Morgan fingerprint density at radius 3 is 1.84 bits per heavy atom. The monoisotopic (exact) mass is 940 g/mol. The summed E-state index contributed by atoms with van der Waals surface area (Å²) in [4.78, 5) is 11.5. The quantitative estimate of drug-likeness (QED) is 0.142. The second-order valence-electron chi connectivity index (χ2n) is 17.0. The molecule has 6 heteroatoms. The summed E-state index contributed by atoms with van der Waals surface area (Å²) in [5.74, 6) is 1.96. The van der Waals surface area contributed by atoms with Crippen LogP contribution in [0, 0.1) is 32.6 Å². The maximum absolute atomic E-state index is 6.54. The van der Waals surface area contributed by atoms with Crippen LogP contribution >= 0.6 is 0 Å². The number of pyridine rings is 1. The molecule has 8 rings (SSSR count). The molecule has 0 saturated heterocycles. The Labute approximate surface area is 359 Å². The van der Waals surface area contributed by atoms with Crippen molar-refractivity contribution in [1.29, 1.82) is 0 Å². The van der Waals surface area contributed by atoms with Gasteiger partial charge in [-0.05, 0) is 107 Å². The number of fused-ring (bicyclic) bond motifs is 1. The molecule has 5 nitrogen and oxygen atoms in total. The zero-order chi connectivity index (χ0) is 39.9. The van der Waals surface area contributed by atoms with E-state index < -0.39 is 0 Å². The Hall–Kier alpha value is -5.64. The zero-order valence-corrected chi connectivity index (χ0v) is 36.7. The second kappa shape index (κ2) is 16.3. The molecule has 6 aromatic carbocycles. The summed E-state index contributed by atoms with van der Waals surface area (Å²) in [5.41, 5.74) is 13.3. The molecule has 0 atom stereocenters. The minimum absolute atomic E-state index is 0. The third-order valence-corrected chi connectivity index (χ3v) is 10.3. The second-order valence-corrected chi connectivity index (χ2v) is 17.0. The van der Waals surface area contributed by atoms with E-state index in [9.17, 15) is 0 Å². The first-order valence-corrected chi connectivity index (χ1v) is 19.6. The van der Waals surface area contributed by atoms with E-state index in [1.54, 1.807) is 0 Å². The van der Waals surface area contributed by atoms with Gasteiger partial charge >= 0.3 is 0 Å². The van der Waals surface area contributed by atoms with Crippen LogP contribution in [0.25, 0.3) is 11.1 Å². The van der Waals surface area contributed by atoms with Crippen molar-refractivity contribution < 1.29 is 25.8 Å². The topological polar surface area (TPSA) is 31.8 Å². The van der Waals surface area contributed by atoms with Gasteiger partial charge in [0.1, 0.15) is 5.82 Å². The van der Waals surface area contributed by atoms with Gasteiger partial charge in [-0.3, -0.25) is 0 Å². The van der Waals surface area contributed by atoms with Crippen LogP contribution in [0.1, 0.15) is 63.8 Å². The number of aryl methyl sites for hydroxylation is 2. The molecule has 0 bridgehead atoms. The van der Waals surface area contributed by atoms with E-state index in [-0.39, 0.29) is 31.9 Å². The van der Waals surface area contributed by atoms with Gasteiger partial charge in [0.2, 0.25) is 0 Å². The Balaban J connectivity index is 0.00000512. The van der Waals surface area contributed by atoms with Crippen molar-refractivity contribution in [2.45, 2.75) is 66.2 Å². The molecule has 0 radical (unpaired) electrons. The minimum atomic E-state index is 0. The molecular weight excluding hydrogens is 892 g/mol. The van der Waals surface area contributed by atoms with Crippen molar-refractivity contribution in [2.24, 2.45) is 0 Å². The Morgan fingerprint density at radius 2 is 1.19 bits per heavy atom. The fraction of sp³-hybridized carbons (Fsp3) is 0.192. The molecule has 0 amide bonds. The van der Waals surface area contributed by atoms with Crippen molar-refractivity contribution in [3.8, 4) is 22.6 Å². The third-order valence-electron chi connectivity index (χ3n) is 10.3. The van der Waals surface area contributed by atoms with E-state index in [1.165, 1.54) is 27.8 Å². The molecular formula is C52H49N4OPt-3. The summed E-state index contributed by atoms with van der Waals surface area (Å²) >= 11 is 0. The summed E-state index contributed by atoms with van der Waals surface area (Å²) in [6, 6.07) is 55.7. The summed E-state index contributed by atoms with van der Waals surface area (Å²) in [6.07, 6.45) is 1.90. The number of hydrogen-bond donors (Lipinski definition) is 0. The van der Waals surface area contributed by atoms with Crippen molar-refractivity contribution in [1.82, 2.24) is 4.98 Å². The van der Waals surface area contributed by atoms with Gasteiger partial charge in [-0.1, -0.05) is 102 Å². The molecule has 0 unspecified atom stereocenters. The average Bonchev–Trinajstić information content (AvgIpc) is 3.58. The molecule has 0 N–H and O–H groups in total. The van der Waals surface area contributed by atoms with Crippen LogP contribution in [0.4, 0.5) is 39.9 Å². The smallest absolute Gasteiger partial charge is 0.136 e. The molecule has 2 heterocycles. The van der Waals surface area contributed by atoms with Gasteiger partial charge in [-0.25, -0.2) is 4.98 Å². The molecule has 7 aromatic rings. The fourth-order valence-electron chi connectivity index (χ4n) is 7.33. The number of ether oxygens (including phenoxy) is 1. The largest absolute Gasteiger partial charge is 0.509 e. The normalized spacial score (nSPS) is 12.6. The minimum Gasteiger partial charge on any atom is -0.509 e. The maximum atomic E-state index is 6.54. The van der Waals surface area contributed by atoms with Crippen LogP contribution in [0.3, 0.4) is 0 Å². The van der Waals surface area contributed by atoms with Crippen molar-refractivity contribution in [3.63, 3.8) is 0 Å². The first-order valence-electron chi connectivity index (χ1n) is 19.6. The Bertz CT molecular complexity index is 2500. The summed E-state index contributed by atoms with van der Waals surface area (Å²) in [5, 5.41) is 0. The van der Waals surface area contributed by atoms with E-state index in [0.29, 0.717) is 11.5 Å². The number of nitrogens with zero attached hydrogens (tertiary/aromatic N) is 4. The van der Waals surface area contributed by atoms with E-state index in [2.05, 4.69) is 180 Å². The fourth-order valence-corrected chi connectivity index (χ4v) is 7.33. The van der Waals surface area contributed by atoms with Gasteiger partial charge in [0, 0.05) is 61.5 Å². The van der Waals surface area contributed by atoms with Gasteiger partial charge in [0.05, 0.1) is 0 Å². The number of anilines is 7. The van der Waals surface area contributed by atoms with Gasteiger partial charge in [0.25, 0.3) is 0 Å². The summed E-state index contributed by atoms with van der Waals surface area (Å²) in [7, 11) is 0. The maximum Gasteiger partial charge on any atom is 0.136 e. The number of para-hydroxylation sites is 3. The SMILES string of the molecule is Cc1cc(C)cc(N2[CH-]N(c3[c-]c(Oc4[c-]c(N(c5ccccc5)c5cc(-c6cc(C(C)(C)C)cc(C(C)(C)C)c6)ccn5)ccc4)ccc3)c3ccccc32)c1.[Pt]. The van der Waals surface area contributed by atoms with Crippen LogP contribution in [-0.4, -0.2) is 4.98 Å². The molecule has 0 fully saturated rings. The predicted octanol–water partition coefficient (Wildman–Crippen LogP) is 14.2. The van der Waals surface area contributed by atoms with Crippen molar-refractivity contribution in [3.05, 3.63) is 187 Å². The van der Waals surface area contributed by atoms with Crippen LogP contribution in [0.15, 0.2) is 146 Å². The third kappa shape index (κ3) is 8.61. The van der Waals surface area contributed by atoms with Crippen LogP contribution in [0.2, 0.25) is 0 Å². The molecule has 296 valence electrons. The summed E-state index contributed by atoms with van der Waals surface area (Å²) in [6.45, 7) is 20.1. The van der Waals surface area contributed by atoms with Gasteiger partial charge in [0.15, 0.2) is 0 Å². The van der Waals surface area contributed by atoms with E-state index in [4.69, 9.17) is 9.72 Å². The van der Waals surface area contributed by atoms with Crippen LogP contribution < -0.4 is 19.4 Å². The van der Waals surface area contributed by atoms with Crippen molar-refractivity contribution in [2.75, 3.05) is 14.7 Å². The Kier molecular flexibility index (Phi) is 11.4. The van der Waals surface area contributed by atoms with E-state index in [0.717, 1.165) is 45.5 Å². The molecule has 0 saturated carbocycles. The van der Waals surface area contributed by atoms with Crippen LogP contribution in [-0.2, 0) is 31.9 Å². The first kappa shape index (κ1) is 40.6. The molecule has 0 aliphatic carbocycles. The predicted molar refractivity (Wildman–Crippen MR) is 237 cm³/mol. The first-order chi connectivity index (χ1) is 27.3. The zero-order valence-electron chi connectivity index (χ0n) is 34.4. The van der Waals surface area contributed by atoms with Gasteiger partial charge < -0.3 is 19.4 Å². The van der Waals surface area contributed by atoms with E-state index in [1.807, 2.05) is 54.7 Å². The van der Waals surface area contributed by atoms with Crippen LogP contribution in [0.5, 0.6) is 11.5 Å². The average molecular weight is 941 g/mol. The molecule has 1 aliphatic rings. The number of benzene rings is 6. The molecule has 1 aliphatic heterocycles. The molecule has 0 spiro atoms. The van der Waals surface area contributed by atoms with Crippen molar-refractivity contribution >= 4 is 39.9 Å². The number of rotatable bonds is 8. The molecule has 1 aromatic heterocycles. The molecule has 58 heavy (non-hydrogen) atoms. The standard InChI is InChI=1S/C52H49N4O.Pt/c1-36-26-37(2)28-45(27-36)55-35-54(48-22-12-13-23-49(48)55)43-18-14-20-46(33-43)57-47-21-15-19-44(34-47)56(42-16-10-9-11-17-42)50-31-38(24-25-53-50)39-29-40(51(3,4)5)32-41(30-39)52(6,7)8;/h9-32,35H,1-8H3;/q-3;. The van der Waals surface area contributed by atoms with Gasteiger partial charge in [-0.2, -0.15) is 12.1 Å².